The van der Waals surface area contributed by atoms with E-state index in [4.69, 9.17) is 0 Å². The molecule has 0 saturated heterocycles. The van der Waals surface area contributed by atoms with Crippen LogP contribution in [0.15, 0.2) is 94.9 Å². The number of fused-ring (bicyclic) bond motifs is 2. The van der Waals surface area contributed by atoms with Crippen molar-refractivity contribution in [1.82, 2.24) is 0 Å². The topological polar surface area (TPSA) is 10.4 Å². The highest BCUT2D eigenvalue weighted by atomic mass is 32.2. The Hall–Kier alpha value is -3.28. The first-order valence-electron chi connectivity index (χ1n) is 15.2. The van der Waals surface area contributed by atoms with Gasteiger partial charge in [0.05, 0.1) is 51.0 Å². The summed E-state index contributed by atoms with van der Waals surface area (Å²) in [6.07, 6.45) is 7.15. The SMILES string of the molecule is CCCCN(CCC[N+](C)(C)CCC)c1cc(C=C2Sc3ccccc3N2C)c2ccccc2[n+]1-c1ccccc1. The van der Waals surface area contributed by atoms with Crippen molar-refractivity contribution >= 4 is 40.2 Å². The summed E-state index contributed by atoms with van der Waals surface area (Å²) < 4.78 is 3.56. The lowest BCUT2D eigenvalue weighted by molar-refractivity contribution is -0.890. The Bertz CT molecular complexity index is 1490. The van der Waals surface area contributed by atoms with Crippen molar-refractivity contribution < 1.29 is 9.05 Å². The minimum atomic E-state index is 1.05. The lowest BCUT2D eigenvalue weighted by atomic mass is 10.1. The maximum atomic E-state index is 2.65. The van der Waals surface area contributed by atoms with Gasteiger partial charge in [-0.1, -0.05) is 80.6 Å². The fourth-order valence-corrected chi connectivity index (χ4v) is 7.10. The van der Waals surface area contributed by atoms with Crippen LogP contribution in [0.2, 0.25) is 0 Å². The summed E-state index contributed by atoms with van der Waals surface area (Å²) in [4.78, 5) is 6.30. The summed E-state index contributed by atoms with van der Waals surface area (Å²) >= 11 is 1.86. The molecule has 0 aliphatic carbocycles. The molecule has 5 rings (SSSR count). The molecule has 4 aromatic rings. The normalized spacial score (nSPS) is 14.2. The fourth-order valence-electron chi connectivity index (χ4n) is 5.99. The Morgan fingerprint density at radius 1 is 0.829 bits per heavy atom. The van der Waals surface area contributed by atoms with Crippen LogP contribution in [0.25, 0.3) is 22.7 Å². The number of quaternary nitrogens is 1. The molecule has 0 atom stereocenters. The molecule has 3 aromatic carbocycles. The molecule has 0 fully saturated rings. The Labute approximate surface area is 251 Å². The number of pyridine rings is 1. The van der Waals surface area contributed by atoms with Crippen LogP contribution in [-0.2, 0) is 0 Å². The molecule has 0 N–H and O–H groups in total. The van der Waals surface area contributed by atoms with Crippen molar-refractivity contribution in [3.05, 3.63) is 95.5 Å². The zero-order chi connectivity index (χ0) is 28.8. The summed E-state index contributed by atoms with van der Waals surface area (Å²) in [5.41, 5.74) is 5.01. The number of nitrogens with zero attached hydrogens (tertiary/aromatic N) is 4. The third kappa shape index (κ3) is 6.63. The predicted octanol–water partition coefficient (Wildman–Crippen LogP) is 8.14. The van der Waals surface area contributed by atoms with Crippen molar-refractivity contribution in [2.45, 2.75) is 44.4 Å². The molecule has 1 aliphatic rings. The Morgan fingerprint density at radius 2 is 1.54 bits per heavy atom. The first-order valence-corrected chi connectivity index (χ1v) is 16.1. The molecule has 0 saturated carbocycles. The second-order valence-corrected chi connectivity index (χ2v) is 12.9. The first kappa shape index (κ1) is 29.2. The Balaban J connectivity index is 1.63. The molecule has 41 heavy (non-hydrogen) atoms. The minimum absolute atomic E-state index is 1.05. The van der Waals surface area contributed by atoms with Gasteiger partial charge in [0.2, 0.25) is 0 Å². The number of hydrogen-bond acceptors (Lipinski definition) is 3. The standard InChI is InChI=1S/C36H46N4S/c1-6-8-23-38(24-16-26-40(4,5)25-7-2)35-27-29(28-36-37(3)33-21-14-15-22-34(33)41-36)31-19-12-13-20-32(31)39(35)30-17-10-9-11-18-30/h9-15,17-22,27-28H,6-8,16,23-26H2,1-5H3/q+2. The summed E-state index contributed by atoms with van der Waals surface area (Å²) in [5.74, 6) is 1.28. The number of anilines is 2. The van der Waals surface area contributed by atoms with Crippen molar-refractivity contribution in [3.63, 3.8) is 0 Å². The van der Waals surface area contributed by atoms with Gasteiger partial charge in [0.1, 0.15) is 11.2 Å². The highest BCUT2D eigenvalue weighted by molar-refractivity contribution is 8.03. The summed E-state index contributed by atoms with van der Waals surface area (Å²) in [7, 11) is 6.93. The molecule has 1 aromatic heterocycles. The smallest absolute Gasteiger partial charge is 0.282 e. The molecule has 5 heteroatoms. The maximum Gasteiger partial charge on any atom is 0.282 e. The van der Waals surface area contributed by atoms with Crippen LogP contribution in [0, 0.1) is 0 Å². The Morgan fingerprint density at radius 3 is 2.29 bits per heavy atom. The van der Waals surface area contributed by atoms with Gasteiger partial charge in [-0.05, 0) is 54.8 Å². The summed E-state index contributed by atoms with van der Waals surface area (Å²) in [6.45, 7) is 9.10. The predicted molar refractivity (Wildman–Crippen MR) is 178 cm³/mol. The second kappa shape index (κ2) is 13.1. The third-order valence-electron chi connectivity index (χ3n) is 8.16. The molecule has 1 aliphatic heterocycles. The quantitative estimate of drug-likeness (QED) is 0.127. The van der Waals surface area contributed by atoms with Crippen LogP contribution in [0.5, 0.6) is 0 Å². The number of benzene rings is 3. The third-order valence-corrected chi connectivity index (χ3v) is 9.33. The van der Waals surface area contributed by atoms with E-state index in [-0.39, 0.29) is 0 Å². The van der Waals surface area contributed by atoms with Crippen molar-refractivity contribution in [2.24, 2.45) is 0 Å². The van der Waals surface area contributed by atoms with E-state index in [0.29, 0.717) is 0 Å². The maximum absolute atomic E-state index is 2.65. The van der Waals surface area contributed by atoms with Crippen LogP contribution in [0.4, 0.5) is 11.5 Å². The van der Waals surface area contributed by atoms with Gasteiger partial charge in [-0.25, -0.2) is 0 Å². The molecule has 0 radical (unpaired) electrons. The van der Waals surface area contributed by atoms with Crippen molar-refractivity contribution in [3.8, 4) is 5.69 Å². The van der Waals surface area contributed by atoms with Gasteiger partial charge in [-0.15, -0.1) is 0 Å². The van der Waals surface area contributed by atoms with Crippen LogP contribution in [0.1, 0.15) is 45.1 Å². The highest BCUT2D eigenvalue weighted by Gasteiger charge is 2.27. The van der Waals surface area contributed by atoms with Crippen LogP contribution in [0.3, 0.4) is 0 Å². The molecule has 0 bridgehead atoms. The van der Waals surface area contributed by atoms with Crippen molar-refractivity contribution in [2.75, 3.05) is 57.1 Å². The van der Waals surface area contributed by atoms with E-state index in [1.54, 1.807) is 0 Å². The molecular weight excluding hydrogens is 520 g/mol. The van der Waals surface area contributed by atoms with Gasteiger partial charge in [0, 0.05) is 29.8 Å². The van der Waals surface area contributed by atoms with E-state index in [2.05, 4.69) is 140 Å². The number of thioether (sulfide) groups is 1. The zero-order valence-electron chi connectivity index (χ0n) is 25.5. The molecule has 2 heterocycles. The lowest BCUT2D eigenvalue weighted by Gasteiger charge is -2.30. The van der Waals surface area contributed by atoms with Crippen molar-refractivity contribution in [1.29, 1.82) is 0 Å². The minimum Gasteiger partial charge on any atom is -0.338 e. The fraction of sp³-hybridized carbons (Fsp3) is 0.361. The van der Waals surface area contributed by atoms with Gasteiger partial charge in [0.25, 0.3) is 5.82 Å². The zero-order valence-corrected chi connectivity index (χ0v) is 26.3. The number of hydrogen-bond donors (Lipinski definition) is 0. The van der Waals surface area contributed by atoms with Crippen LogP contribution in [-0.4, -0.2) is 51.8 Å². The van der Waals surface area contributed by atoms with E-state index in [1.807, 2.05) is 11.8 Å². The molecule has 0 spiro atoms. The van der Waals surface area contributed by atoms with Gasteiger partial charge < -0.3 is 9.38 Å². The van der Waals surface area contributed by atoms with Gasteiger partial charge in [0.15, 0.2) is 0 Å². The monoisotopic (exact) mass is 566 g/mol. The summed E-state index contributed by atoms with van der Waals surface area (Å²) in [5, 5.41) is 2.53. The van der Waals surface area contributed by atoms with Gasteiger partial charge in [-0.2, -0.15) is 4.57 Å². The second-order valence-electron chi connectivity index (χ2n) is 11.8. The first-order chi connectivity index (χ1) is 19.9. The molecular formula is C36H46N4S+2. The van der Waals surface area contributed by atoms with Crippen LogP contribution < -0.4 is 14.4 Å². The van der Waals surface area contributed by atoms with E-state index < -0.39 is 0 Å². The number of rotatable bonds is 12. The molecule has 214 valence electrons. The lowest BCUT2D eigenvalue weighted by Crippen LogP contribution is -2.45. The highest BCUT2D eigenvalue weighted by Crippen LogP contribution is 2.45. The van der Waals surface area contributed by atoms with E-state index in [9.17, 15) is 0 Å². The number of aromatic nitrogens is 1. The van der Waals surface area contributed by atoms with E-state index in [0.717, 1.165) is 17.6 Å². The number of unbranched alkanes of at least 4 members (excludes halogenated alkanes) is 1. The van der Waals surface area contributed by atoms with Crippen LogP contribution >= 0.6 is 11.8 Å². The molecule has 0 unspecified atom stereocenters. The van der Waals surface area contributed by atoms with E-state index >= 15 is 0 Å². The van der Waals surface area contributed by atoms with Gasteiger partial charge >= 0.3 is 0 Å². The average molecular weight is 567 g/mol. The Kier molecular flexibility index (Phi) is 9.36. The molecule has 0 amide bonds. The summed E-state index contributed by atoms with van der Waals surface area (Å²) in [6, 6.07) is 30.9. The van der Waals surface area contributed by atoms with Gasteiger partial charge in [-0.3, -0.25) is 4.90 Å². The average Bonchev–Trinajstić information content (AvgIpc) is 3.30. The number of para-hydroxylation sites is 3. The van der Waals surface area contributed by atoms with E-state index in [1.165, 1.54) is 82.4 Å². The molecule has 4 nitrogen and oxygen atoms in total. The largest absolute Gasteiger partial charge is 0.338 e.